The van der Waals surface area contributed by atoms with E-state index in [2.05, 4.69) is 36.8 Å². The second-order valence-corrected chi connectivity index (χ2v) is 12.1. The molecule has 0 saturated heterocycles. The Morgan fingerprint density at radius 2 is 1.64 bits per heavy atom. The molecule has 0 spiro atoms. The minimum Gasteiger partial charge on any atom is -0.466 e. The van der Waals surface area contributed by atoms with Gasteiger partial charge in [-0.2, -0.15) is 12.6 Å². The Labute approximate surface area is 276 Å². The Hall–Kier alpha value is -2.43. The molecule has 10 heteroatoms. The molecule has 0 saturated carbocycles. The van der Waals surface area contributed by atoms with Gasteiger partial charge in [0.1, 0.15) is 16.8 Å². The second-order valence-electron chi connectivity index (χ2n) is 11.2. The van der Waals surface area contributed by atoms with Crippen molar-refractivity contribution in [1.82, 2.24) is 15.2 Å². The Bertz CT molecular complexity index is 1080. The van der Waals surface area contributed by atoms with Gasteiger partial charge in [-0.25, -0.2) is 4.98 Å². The molecule has 1 heterocycles. The van der Waals surface area contributed by atoms with Crippen molar-refractivity contribution in [3.8, 4) is 0 Å². The van der Waals surface area contributed by atoms with Crippen LogP contribution in [0.4, 0.5) is 0 Å². The van der Waals surface area contributed by atoms with Crippen LogP contribution in [-0.2, 0) is 25.5 Å². The average Bonchev–Trinajstić information content (AvgIpc) is 3.50. The molecule has 0 aliphatic carbocycles. The van der Waals surface area contributed by atoms with Gasteiger partial charge in [0.15, 0.2) is 0 Å². The van der Waals surface area contributed by atoms with Crippen molar-refractivity contribution in [1.29, 1.82) is 0 Å². The smallest absolute Gasteiger partial charge is 0.308 e. The van der Waals surface area contributed by atoms with E-state index in [4.69, 9.17) is 9.47 Å². The van der Waals surface area contributed by atoms with Gasteiger partial charge in [0, 0.05) is 44.5 Å². The highest BCUT2D eigenvalue weighted by Gasteiger charge is 2.30. The molecule has 0 fully saturated rings. The minimum absolute atomic E-state index is 0.0306. The highest BCUT2D eigenvalue weighted by Crippen LogP contribution is 2.30. The van der Waals surface area contributed by atoms with Gasteiger partial charge in [0.05, 0.1) is 12.5 Å². The van der Waals surface area contributed by atoms with E-state index in [1.807, 2.05) is 76.9 Å². The van der Waals surface area contributed by atoms with Crippen LogP contribution in [0.25, 0.3) is 0 Å². The van der Waals surface area contributed by atoms with Crippen LogP contribution >= 0.6 is 24.0 Å². The number of nitrogens with zero attached hydrogens (tertiary/aromatic N) is 2. The lowest BCUT2D eigenvalue weighted by atomic mass is 9.95. The Balaban J connectivity index is 0.00000443. The number of amides is 2. The Morgan fingerprint density at radius 3 is 2.16 bits per heavy atom. The molecule has 4 atom stereocenters. The van der Waals surface area contributed by atoms with Crippen LogP contribution in [0.1, 0.15) is 102 Å². The molecule has 2 amide bonds. The third kappa shape index (κ3) is 14.6. The number of ether oxygens (including phenoxy) is 2. The van der Waals surface area contributed by atoms with Gasteiger partial charge in [-0.05, 0) is 43.4 Å². The van der Waals surface area contributed by atoms with Crippen LogP contribution in [0.15, 0.2) is 35.7 Å². The summed E-state index contributed by atoms with van der Waals surface area (Å²) in [5.74, 6) is -0.302. The summed E-state index contributed by atoms with van der Waals surface area (Å²) in [4.78, 5) is 44.8. The number of rotatable bonds is 16. The molecule has 44 heavy (non-hydrogen) atoms. The maximum absolute atomic E-state index is 13.3. The summed E-state index contributed by atoms with van der Waals surface area (Å²) in [5.41, 5.74) is 1.38. The van der Waals surface area contributed by atoms with E-state index in [1.165, 1.54) is 11.3 Å². The van der Waals surface area contributed by atoms with Crippen LogP contribution in [0.2, 0.25) is 0 Å². The molecule has 1 N–H and O–H groups in total. The number of esters is 1. The summed E-state index contributed by atoms with van der Waals surface area (Å²) in [5, 5.41) is 5.53. The van der Waals surface area contributed by atoms with Crippen molar-refractivity contribution in [2.24, 2.45) is 17.8 Å². The lowest BCUT2D eigenvalue weighted by Crippen LogP contribution is -2.42. The summed E-state index contributed by atoms with van der Waals surface area (Å²) in [6, 6.07) is 9.57. The number of aromatic nitrogens is 1. The first kappa shape index (κ1) is 41.6. The lowest BCUT2D eigenvalue weighted by molar-refractivity contribution is -0.147. The van der Waals surface area contributed by atoms with E-state index in [0.29, 0.717) is 43.0 Å². The van der Waals surface area contributed by atoms with Crippen LogP contribution in [0.5, 0.6) is 0 Å². The summed E-state index contributed by atoms with van der Waals surface area (Å²) < 4.78 is 11.0. The number of hydrogen-bond donors (Lipinski definition) is 2. The summed E-state index contributed by atoms with van der Waals surface area (Å²) >= 11 is 4.90. The van der Waals surface area contributed by atoms with E-state index in [-0.39, 0.29) is 53.7 Å². The van der Waals surface area contributed by atoms with Gasteiger partial charge in [0.25, 0.3) is 5.91 Å². The van der Waals surface area contributed by atoms with E-state index < -0.39 is 0 Å². The molecule has 2 aromatic rings. The first-order chi connectivity index (χ1) is 21.0. The van der Waals surface area contributed by atoms with Crippen LogP contribution in [-0.4, -0.2) is 66.8 Å². The van der Waals surface area contributed by atoms with Crippen molar-refractivity contribution in [2.45, 2.75) is 99.3 Å². The molecular formula is C34H57N3O5S2. The van der Waals surface area contributed by atoms with E-state index >= 15 is 0 Å². The summed E-state index contributed by atoms with van der Waals surface area (Å²) in [7, 11) is 3.48. The predicted octanol–water partition coefficient (Wildman–Crippen LogP) is 7.25. The summed E-state index contributed by atoms with van der Waals surface area (Å²) in [6.07, 6.45) is 3.46. The largest absolute Gasteiger partial charge is 0.466 e. The SMILES string of the molecule is CC.CCOC(=O)C(C)CC(Cc1ccccc1)NC(=O)c1csc(C(CC(C(C)C)N(C)C(=O)CC(C)C)OC)n1.CS. The van der Waals surface area contributed by atoms with Gasteiger partial charge < -0.3 is 19.7 Å². The highest BCUT2D eigenvalue weighted by molar-refractivity contribution is 7.79. The second kappa shape index (κ2) is 23.0. The monoisotopic (exact) mass is 651 g/mol. The van der Waals surface area contributed by atoms with Crippen LogP contribution in [0, 0.1) is 17.8 Å². The molecule has 8 nitrogen and oxygen atoms in total. The average molecular weight is 652 g/mol. The van der Waals surface area contributed by atoms with Crippen molar-refractivity contribution in [2.75, 3.05) is 27.0 Å². The molecule has 0 bridgehead atoms. The number of methoxy groups -OCH3 is 1. The number of hydrogen-bond acceptors (Lipinski definition) is 8. The van der Waals surface area contributed by atoms with Gasteiger partial charge in [-0.3, -0.25) is 14.4 Å². The van der Waals surface area contributed by atoms with Gasteiger partial charge >= 0.3 is 5.97 Å². The first-order valence-electron chi connectivity index (χ1n) is 15.7. The number of thiol groups is 1. The zero-order valence-corrected chi connectivity index (χ0v) is 30.5. The number of nitrogens with one attached hydrogen (secondary N) is 1. The molecule has 0 aliphatic rings. The van der Waals surface area contributed by atoms with Crippen LogP contribution < -0.4 is 5.32 Å². The molecule has 1 aromatic carbocycles. The molecule has 0 radical (unpaired) electrons. The number of carbonyl (C=O) groups excluding carboxylic acids is 3. The molecule has 1 aromatic heterocycles. The fraction of sp³-hybridized carbons (Fsp3) is 0.647. The minimum atomic E-state index is -0.360. The standard InChI is InChI=1S/C31H47N3O5S.C2H6.CH4S/c1-9-39-31(37)22(6)16-24(17-23-13-11-10-12-14-23)32-29(36)25-19-40-30(33-25)27(38-8)18-26(21(4)5)34(7)28(35)15-20(2)3;2*1-2/h10-14,19-22,24,26-27H,9,15-18H2,1-8H3,(H,32,36);1-2H3;2H,1H3. The van der Waals surface area contributed by atoms with Crippen molar-refractivity contribution in [3.05, 3.63) is 52.0 Å². The van der Waals surface area contributed by atoms with Crippen molar-refractivity contribution >= 4 is 41.7 Å². The Kier molecular flexibility index (Phi) is 21.7. The maximum Gasteiger partial charge on any atom is 0.308 e. The molecular weight excluding hydrogens is 595 g/mol. The van der Waals surface area contributed by atoms with Crippen molar-refractivity contribution in [3.63, 3.8) is 0 Å². The van der Waals surface area contributed by atoms with Gasteiger partial charge in [-0.1, -0.05) is 78.8 Å². The topological polar surface area (TPSA) is 97.8 Å². The zero-order chi connectivity index (χ0) is 33.8. The highest BCUT2D eigenvalue weighted by atomic mass is 32.1. The van der Waals surface area contributed by atoms with E-state index in [0.717, 1.165) is 5.56 Å². The van der Waals surface area contributed by atoms with E-state index in [1.54, 1.807) is 25.7 Å². The molecule has 4 unspecified atom stereocenters. The zero-order valence-electron chi connectivity index (χ0n) is 28.8. The molecule has 2 rings (SSSR count). The van der Waals surface area contributed by atoms with Gasteiger partial charge in [0.2, 0.25) is 5.91 Å². The normalized spacial score (nSPS) is 13.4. The third-order valence-electron chi connectivity index (χ3n) is 7.00. The first-order valence-corrected chi connectivity index (χ1v) is 17.4. The fourth-order valence-electron chi connectivity index (χ4n) is 4.77. The fourth-order valence-corrected chi connectivity index (χ4v) is 5.66. The number of carbonyl (C=O) groups is 3. The van der Waals surface area contributed by atoms with E-state index in [9.17, 15) is 14.4 Å². The molecule has 0 aliphatic heterocycles. The predicted molar refractivity (Wildman–Crippen MR) is 185 cm³/mol. The third-order valence-corrected chi connectivity index (χ3v) is 7.94. The Morgan fingerprint density at radius 1 is 1.02 bits per heavy atom. The quantitative estimate of drug-likeness (QED) is 0.147. The van der Waals surface area contributed by atoms with Gasteiger partial charge in [-0.15, -0.1) is 11.3 Å². The lowest BCUT2D eigenvalue weighted by Gasteiger charge is -2.33. The molecule has 250 valence electrons. The maximum atomic E-state index is 13.3. The van der Waals surface area contributed by atoms with Crippen molar-refractivity contribution < 1.29 is 23.9 Å². The summed E-state index contributed by atoms with van der Waals surface area (Å²) in [6.45, 7) is 16.2. The number of thiazole rings is 1. The number of benzene rings is 1. The van der Waals surface area contributed by atoms with Crippen LogP contribution in [0.3, 0.4) is 0 Å².